The van der Waals surface area contributed by atoms with Gasteiger partial charge in [-0.25, -0.2) is 13.9 Å². The highest BCUT2D eigenvalue weighted by Crippen LogP contribution is 2.25. The van der Waals surface area contributed by atoms with Gasteiger partial charge >= 0.3 is 6.09 Å². The Labute approximate surface area is 137 Å². The number of ether oxygens (including phenoxy) is 1. The van der Waals surface area contributed by atoms with E-state index in [2.05, 4.69) is 10.4 Å². The lowest BCUT2D eigenvalue weighted by atomic mass is 10.2. The van der Waals surface area contributed by atoms with Crippen molar-refractivity contribution in [2.75, 3.05) is 18.0 Å². The van der Waals surface area contributed by atoms with E-state index in [0.29, 0.717) is 17.8 Å². The molecular weight excluding hydrogens is 327 g/mol. The molecule has 1 N–H and O–H groups in total. The van der Waals surface area contributed by atoms with E-state index >= 15 is 0 Å². The highest BCUT2D eigenvalue weighted by molar-refractivity contribution is 5.89. The lowest BCUT2D eigenvalue weighted by Gasteiger charge is -2.14. The van der Waals surface area contributed by atoms with Gasteiger partial charge in [0.2, 0.25) is 6.41 Å². The largest absolute Gasteiger partial charge is 0.442 e. The quantitative estimate of drug-likeness (QED) is 0.837. The Morgan fingerprint density at radius 2 is 2.30 bits per heavy atom. The predicted molar refractivity (Wildman–Crippen MR) is 82.5 cm³/mol. The molecule has 122 valence electrons. The molecular formula is C14H14ClFN4O3. The molecule has 1 aromatic heterocycles. The van der Waals surface area contributed by atoms with Gasteiger partial charge in [-0.2, -0.15) is 5.10 Å². The van der Waals surface area contributed by atoms with E-state index in [9.17, 15) is 14.0 Å². The second kappa shape index (κ2) is 7.10. The van der Waals surface area contributed by atoms with Crippen molar-refractivity contribution in [2.45, 2.75) is 6.10 Å². The first-order chi connectivity index (χ1) is 10.7. The van der Waals surface area contributed by atoms with E-state index in [4.69, 9.17) is 4.74 Å². The van der Waals surface area contributed by atoms with Gasteiger partial charge < -0.3 is 10.1 Å². The van der Waals surface area contributed by atoms with Gasteiger partial charge in [0.1, 0.15) is 11.8 Å². The first kappa shape index (κ1) is 16.8. The maximum absolute atomic E-state index is 14.2. The summed E-state index contributed by atoms with van der Waals surface area (Å²) in [6.07, 6.45) is 2.70. The summed E-state index contributed by atoms with van der Waals surface area (Å²) < 4.78 is 20.7. The first-order valence-corrected chi connectivity index (χ1v) is 6.64. The molecule has 0 bridgehead atoms. The Kier molecular flexibility index (Phi) is 5.17. The predicted octanol–water partition coefficient (Wildman–Crippen LogP) is 1.50. The number of cyclic esters (lactones) is 1. The Balaban J connectivity index is 0.00000192. The van der Waals surface area contributed by atoms with E-state index in [1.54, 1.807) is 30.6 Å². The number of hydrogen-bond donors (Lipinski definition) is 1. The van der Waals surface area contributed by atoms with Crippen LogP contribution in [-0.2, 0) is 9.53 Å². The smallest absolute Gasteiger partial charge is 0.414 e. The normalized spacial score (nSPS) is 16.7. The molecule has 0 saturated carbocycles. The summed E-state index contributed by atoms with van der Waals surface area (Å²) in [6, 6.07) is 6.11. The number of carbonyl (C=O) groups is 2. The number of anilines is 1. The molecule has 0 unspecified atom stereocenters. The standard InChI is InChI=1S/C14H13FN4O3.ClH/c15-12-6-10(2-3-13(12)19-5-1-4-17-19)18-8-11(7-16-9-20)22-14(18)21;/h1-6,9,11H,7-8H2,(H,16,20);1H/t11-;/m0./s1. The fourth-order valence-electron chi connectivity index (χ4n) is 2.28. The number of benzene rings is 1. The van der Waals surface area contributed by atoms with Gasteiger partial charge in [0.05, 0.1) is 18.8 Å². The molecule has 1 saturated heterocycles. The molecule has 2 aromatic rings. The van der Waals surface area contributed by atoms with E-state index in [1.807, 2.05) is 0 Å². The van der Waals surface area contributed by atoms with Crippen molar-refractivity contribution in [3.8, 4) is 5.69 Å². The molecule has 23 heavy (non-hydrogen) atoms. The lowest BCUT2D eigenvalue weighted by molar-refractivity contribution is -0.109. The Hall–Kier alpha value is -2.61. The third kappa shape index (κ3) is 3.42. The molecule has 1 atom stereocenters. The molecule has 3 rings (SSSR count). The molecule has 0 aliphatic carbocycles. The van der Waals surface area contributed by atoms with Crippen LogP contribution in [0.4, 0.5) is 14.9 Å². The number of aromatic nitrogens is 2. The van der Waals surface area contributed by atoms with Crippen molar-refractivity contribution in [3.05, 3.63) is 42.5 Å². The fraction of sp³-hybridized carbons (Fsp3) is 0.214. The van der Waals surface area contributed by atoms with Gasteiger partial charge in [-0.3, -0.25) is 9.69 Å². The minimum atomic E-state index is -0.566. The third-order valence-electron chi connectivity index (χ3n) is 3.30. The van der Waals surface area contributed by atoms with Gasteiger partial charge in [0.15, 0.2) is 5.82 Å². The van der Waals surface area contributed by atoms with Crippen molar-refractivity contribution in [1.29, 1.82) is 0 Å². The van der Waals surface area contributed by atoms with Crippen molar-refractivity contribution in [1.82, 2.24) is 15.1 Å². The summed E-state index contributed by atoms with van der Waals surface area (Å²) in [5.41, 5.74) is 0.687. The number of hydrogen-bond acceptors (Lipinski definition) is 4. The Bertz CT molecular complexity index is 695. The van der Waals surface area contributed by atoms with E-state index in [1.165, 1.54) is 15.6 Å². The third-order valence-corrected chi connectivity index (χ3v) is 3.30. The van der Waals surface area contributed by atoms with Gasteiger partial charge in [0, 0.05) is 12.4 Å². The van der Waals surface area contributed by atoms with Crippen LogP contribution in [0.25, 0.3) is 5.69 Å². The SMILES string of the molecule is Cl.O=CNC[C@H]1CN(c2ccc(-n3cccn3)c(F)c2)C(=O)O1. The van der Waals surface area contributed by atoms with Crippen LogP contribution in [0, 0.1) is 5.82 Å². The fourth-order valence-corrected chi connectivity index (χ4v) is 2.28. The molecule has 1 aliphatic heterocycles. The summed E-state index contributed by atoms with van der Waals surface area (Å²) >= 11 is 0. The highest BCUT2D eigenvalue weighted by atomic mass is 35.5. The van der Waals surface area contributed by atoms with Gasteiger partial charge in [-0.1, -0.05) is 0 Å². The highest BCUT2D eigenvalue weighted by Gasteiger charge is 2.32. The van der Waals surface area contributed by atoms with Crippen molar-refractivity contribution >= 4 is 30.6 Å². The summed E-state index contributed by atoms with van der Waals surface area (Å²) in [5, 5.41) is 6.42. The monoisotopic (exact) mass is 340 g/mol. The number of nitrogens with one attached hydrogen (secondary N) is 1. The molecule has 1 fully saturated rings. The molecule has 9 heteroatoms. The van der Waals surface area contributed by atoms with Crippen LogP contribution in [0.1, 0.15) is 0 Å². The molecule has 1 aromatic carbocycles. The van der Waals surface area contributed by atoms with Crippen LogP contribution in [0.3, 0.4) is 0 Å². The average molecular weight is 341 g/mol. The number of nitrogens with zero attached hydrogens (tertiary/aromatic N) is 3. The number of amides is 2. The molecule has 1 aliphatic rings. The first-order valence-electron chi connectivity index (χ1n) is 6.64. The zero-order valence-electron chi connectivity index (χ0n) is 11.9. The Morgan fingerprint density at radius 3 is 2.96 bits per heavy atom. The van der Waals surface area contributed by atoms with Crippen LogP contribution >= 0.6 is 12.4 Å². The van der Waals surface area contributed by atoms with Crippen LogP contribution < -0.4 is 10.2 Å². The van der Waals surface area contributed by atoms with E-state index < -0.39 is 18.0 Å². The zero-order valence-corrected chi connectivity index (χ0v) is 12.7. The molecule has 2 heterocycles. The maximum Gasteiger partial charge on any atom is 0.414 e. The van der Waals surface area contributed by atoms with Crippen molar-refractivity contribution in [2.24, 2.45) is 0 Å². The number of carbonyl (C=O) groups excluding carboxylic acids is 2. The second-order valence-electron chi connectivity index (χ2n) is 4.73. The molecule has 7 nitrogen and oxygen atoms in total. The average Bonchev–Trinajstić information content (AvgIpc) is 3.14. The zero-order chi connectivity index (χ0) is 15.5. The van der Waals surface area contributed by atoms with Gasteiger partial charge in [0.25, 0.3) is 0 Å². The van der Waals surface area contributed by atoms with Crippen molar-refractivity contribution in [3.63, 3.8) is 0 Å². The second-order valence-corrected chi connectivity index (χ2v) is 4.73. The minimum Gasteiger partial charge on any atom is -0.442 e. The lowest BCUT2D eigenvalue weighted by Crippen LogP contribution is -2.30. The summed E-state index contributed by atoms with van der Waals surface area (Å²) in [6.45, 7) is 0.472. The van der Waals surface area contributed by atoms with Crippen LogP contribution in [0.15, 0.2) is 36.7 Å². The number of rotatable bonds is 5. The maximum atomic E-state index is 14.2. The van der Waals surface area contributed by atoms with Crippen LogP contribution in [0.5, 0.6) is 0 Å². The van der Waals surface area contributed by atoms with Gasteiger partial charge in [-0.15, -0.1) is 12.4 Å². The summed E-state index contributed by atoms with van der Waals surface area (Å²) in [7, 11) is 0. The van der Waals surface area contributed by atoms with Crippen molar-refractivity contribution < 1.29 is 18.7 Å². The van der Waals surface area contributed by atoms with Gasteiger partial charge in [-0.05, 0) is 24.3 Å². The molecule has 2 amide bonds. The minimum absolute atomic E-state index is 0. The number of halogens is 2. The van der Waals surface area contributed by atoms with Crippen LogP contribution in [-0.4, -0.2) is 41.5 Å². The Morgan fingerprint density at radius 1 is 1.48 bits per heavy atom. The van der Waals surface area contributed by atoms with E-state index in [0.717, 1.165) is 0 Å². The van der Waals surface area contributed by atoms with Crippen LogP contribution in [0.2, 0.25) is 0 Å². The molecule has 0 spiro atoms. The summed E-state index contributed by atoms with van der Waals surface area (Å²) in [5.74, 6) is -0.497. The van der Waals surface area contributed by atoms with E-state index in [-0.39, 0.29) is 25.5 Å². The molecule has 0 radical (unpaired) electrons. The summed E-state index contributed by atoms with van der Waals surface area (Å²) in [4.78, 5) is 23.4. The topological polar surface area (TPSA) is 76.5 Å².